The quantitative estimate of drug-likeness (QED) is 0.936. The van der Waals surface area contributed by atoms with Crippen molar-refractivity contribution in [3.8, 4) is 11.3 Å². The number of carbonyl (C=O) groups is 1. The number of benzene rings is 1. The Morgan fingerprint density at radius 3 is 2.88 bits per heavy atom. The van der Waals surface area contributed by atoms with E-state index in [4.69, 9.17) is 0 Å². The van der Waals surface area contributed by atoms with Gasteiger partial charge in [0.15, 0.2) is 0 Å². The Labute approximate surface area is 139 Å². The van der Waals surface area contributed by atoms with E-state index >= 15 is 0 Å². The van der Waals surface area contributed by atoms with Gasteiger partial charge in [0.1, 0.15) is 17.3 Å². The summed E-state index contributed by atoms with van der Waals surface area (Å²) < 4.78 is 28.8. The second kappa shape index (κ2) is 6.68. The number of amides is 1. The summed E-state index contributed by atoms with van der Waals surface area (Å²) in [4.78, 5) is 14.7. The number of aryl methyl sites for hydroxylation is 1. The first-order chi connectivity index (χ1) is 11.5. The number of nitrogens with one attached hydrogen (secondary N) is 1. The molecule has 0 radical (unpaired) electrons. The lowest BCUT2D eigenvalue weighted by atomic mass is 10.0. The smallest absolute Gasteiger partial charge is 0.257 e. The van der Waals surface area contributed by atoms with Gasteiger partial charge in [0.2, 0.25) is 0 Å². The minimum Gasteiger partial charge on any atom is -0.337 e. The number of piperidine rings is 1. The van der Waals surface area contributed by atoms with Crippen LogP contribution in [-0.4, -0.2) is 46.8 Å². The lowest BCUT2D eigenvalue weighted by Crippen LogP contribution is -2.47. The summed E-state index contributed by atoms with van der Waals surface area (Å²) in [6.07, 6.45) is 3.52. The topological polar surface area (TPSA) is 50.2 Å². The summed E-state index contributed by atoms with van der Waals surface area (Å²) in [5, 5.41) is 7.41. The molecule has 0 saturated carbocycles. The highest BCUT2D eigenvalue weighted by Gasteiger charge is 2.27. The Kier molecular flexibility index (Phi) is 4.62. The largest absolute Gasteiger partial charge is 0.337 e. The molecule has 0 aliphatic carbocycles. The minimum absolute atomic E-state index is 0.127. The van der Waals surface area contributed by atoms with E-state index in [-0.39, 0.29) is 23.2 Å². The molecule has 1 N–H and O–H groups in total. The second-order valence-corrected chi connectivity index (χ2v) is 6.07. The molecule has 0 bridgehead atoms. The highest BCUT2D eigenvalue weighted by atomic mass is 19.1. The van der Waals surface area contributed by atoms with Gasteiger partial charge in [0.25, 0.3) is 5.91 Å². The summed E-state index contributed by atoms with van der Waals surface area (Å²) in [5.74, 6) is -1.57. The number of nitrogens with zero attached hydrogens (tertiary/aromatic N) is 3. The molecular formula is C17H20F2N4O. The Bertz CT molecular complexity index is 759. The van der Waals surface area contributed by atoms with Gasteiger partial charge in [0.05, 0.1) is 5.56 Å². The number of likely N-dealkylation sites (tertiary alicyclic amines) is 1. The molecule has 2 aromatic rings. The molecule has 0 spiro atoms. The third kappa shape index (κ3) is 3.17. The molecule has 3 rings (SSSR count). The van der Waals surface area contributed by atoms with Crippen LogP contribution in [-0.2, 0) is 7.05 Å². The van der Waals surface area contributed by atoms with Crippen LogP contribution in [0.5, 0.6) is 0 Å². The molecule has 1 saturated heterocycles. The van der Waals surface area contributed by atoms with E-state index in [1.54, 1.807) is 18.1 Å². The molecule has 1 aromatic heterocycles. The zero-order valence-electron chi connectivity index (χ0n) is 13.7. The molecular weight excluding hydrogens is 314 g/mol. The van der Waals surface area contributed by atoms with Gasteiger partial charge in [-0.1, -0.05) is 0 Å². The zero-order valence-corrected chi connectivity index (χ0v) is 13.7. The van der Waals surface area contributed by atoms with Gasteiger partial charge in [-0.2, -0.15) is 5.10 Å². The van der Waals surface area contributed by atoms with E-state index in [1.807, 2.05) is 7.05 Å². The van der Waals surface area contributed by atoms with Gasteiger partial charge < -0.3 is 10.2 Å². The number of aromatic nitrogens is 2. The van der Waals surface area contributed by atoms with Crippen molar-refractivity contribution in [2.24, 2.45) is 7.05 Å². The van der Waals surface area contributed by atoms with E-state index in [2.05, 4.69) is 10.4 Å². The molecule has 5 nitrogen and oxygen atoms in total. The molecule has 1 aliphatic heterocycles. The van der Waals surface area contributed by atoms with Crippen LogP contribution in [0.1, 0.15) is 23.2 Å². The third-order valence-electron chi connectivity index (χ3n) is 4.36. The standard InChI is InChI=1S/C17H20F2N4O/c1-20-12-4-3-7-23(9-12)17(24)14-10-22(2)21-16(14)13-6-5-11(18)8-15(13)19/h5-6,8,10,12,20H,3-4,7,9H2,1-2H3. The zero-order chi connectivity index (χ0) is 17.3. The Morgan fingerprint density at radius 1 is 1.38 bits per heavy atom. The molecule has 128 valence electrons. The fourth-order valence-electron chi connectivity index (χ4n) is 3.09. The molecule has 1 unspecified atom stereocenters. The molecule has 7 heteroatoms. The van der Waals surface area contributed by atoms with Crippen molar-refractivity contribution >= 4 is 5.91 Å². The summed E-state index contributed by atoms with van der Waals surface area (Å²) in [6, 6.07) is 3.54. The van der Waals surface area contributed by atoms with Crippen LogP contribution in [0.4, 0.5) is 8.78 Å². The van der Waals surface area contributed by atoms with Gasteiger partial charge in [-0.3, -0.25) is 9.48 Å². The van der Waals surface area contributed by atoms with Crippen molar-refractivity contribution in [3.63, 3.8) is 0 Å². The van der Waals surface area contributed by atoms with Crippen LogP contribution >= 0.6 is 0 Å². The maximum absolute atomic E-state index is 14.1. The van der Waals surface area contributed by atoms with Crippen LogP contribution < -0.4 is 5.32 Å². The lowest BCUT2D eigenvalue weighted by Gasteiger charge is -2.32. The number of carbonyl (C=O) groups excluding carboxylic acids is 1. The van der Waals surface area contributed by atoms with E-state index in [9.17, 15) is 13.6 Å². The number of halogens is 2. The van der Waals surface area contributed by atoms with E-state index in [1.165, 1.54) is 16.8 Å². The van der Waals surface area contributed by atoms with Crippen molar-refractivity contribution in [1.82, 2.24) is 20.0 Å². The Hall–Kier alpha value is -2.28. The molecule has 1 atom stereocenters. The average Bonchev–Trinajstić information content (AvgIpc) is 2.95. The Morgan fingerprint density at radius 2 is 2.17 bits per heavy atom. The molecule has 1 fully saturated rings. The molecule has 2 heterocycles. The van der Waals surface area contributed by atoms with Crippen LogP contribution in [0, 0.1) is 11.6 Å². The van der Waals surface area contributed by atoms with Crippen LogP contribution in [0.25, 0.3) is 11.3 Å². The number of likely N-dealkylation sites (N-methyl/N-ethyl adjacent to an activating group) is 1. The predicted molar refractivity (Wildman–Crippen MR) is 86.5 cm³/mol. The van der Waals surface area contributed by atoms with Crippen LogP contribution in [0.3, 0.4) is 0 Å². The van der Waals surface area contributed by atoms with Crippen molar-refractivity contribution in [2.45, 2.75) is 18.9 Å². The summed E-state index contributed by atoms with van der Waals surface area (Å²) >= 11 is 0. The fourth-order valence-corrected chi connectivity index (χ4v) is 3.09. The van der Waals surface area contributed by atoms with Crippen molar-refractivity contribution < 1.29 is 13.6 Å². The van der Waals surface area contributed by atoms with Crippen LogP contribution in [0.15, 0.2) is 24.4 Å². The maximum atomic E-state index is 14.1. The SMILES string of the molecule is CNC1CCCN(C(=O)c2cn(C)nc2-c2ccc(F)cc2F)C1. The maximum Gasteiger partial charge on any atom is 0.257 e. The normalized spacial score (nSPS) is 18.0. The lowest BCUT2D eigenvalue weighted by molar-refractivity contribution is 0.0699. The van der Waals surface area contributed by atoms with Gasteiger partial charge in [0, 0.05) is 44.0 Å². The summed E-state index contributed by atoms with van der Waals surface area (Å²) in [7, 11) is 3.55. The van der Waals surface area contributed by atoms with Gasteiger partial charge in [-0.05, 0) is 32.0 Å². The first-order valence-electron chi connectivity index (χ1n) is 7.95. The van der Waals surface area contributed by atoms with Crippen molar-refractivity contribution in [2.75, 3.05) is 20.1 Å². The monoisotopic (exact) mass is 334 g/mol. The van der Waals surface area contributed by atoms with E-state index in [0.29, 0.717) is 18.7 Å². The summed E-state index contributed by atoms with van der Waals surface area (Å²) in [5.41, 5.74) is 0.703. The number of hydrogen-bond donors (Lipinski definition) is 1. The predicted octanol–water partition coefficient (Wildman–Crippen LogP) is 2.19. The highest BCUT2D eigenvalue weighted by Crippen LogP contribution is 2.27. The van der Waals surface area contributed by atoms with Crippen molar-refractivity contribution in [3.05, 3.63) is 41.6 Å². The molecule has 24 heavy (non-hydrogen) atoms. The highest BCUT2D eigenvalue weighted by molar-refractivity contribution is 6.00. The third-order valence-corrected chi connectivity index (χ3v) is 4.36. The van der Waals surface area contributed by atoms with E-state index < -0.39 is 11.6 Å². The van der Waals surface area contributed by atoms with Gasteiger partial charge in [-0.15, -0.1) is 0 Å². The van der Waals surface area contributed by atoms with E-state index in [0.717, 1.165) is 18.9 Å². The minimum atomic E-state index is -0.727. The fraction of sp³-hybridized carbons (Fsp3) is 0.412. The molecule has 1 aromatic carbocycles. The first kappa shape index (κ1) is 16.6. The van der Waals surface area contributed by atoms with Gasteiger partial charge >= 0.3 is 0 Å². The Balaban J connectivity index is 1.95. The second-order valence-electron chi connectivity index (χ2n) is 6.07. The number of rotatable bonds is 3. The van der Waals surface area contributed by atoms with Crippen LogP contribution in [0.2, 0.25) is 0 Å². The first-order valence-corrected chi connectivity index (χ1v) is 7.95. The molecule has 1 amide bonds. The van der Waals surface area contributed by atoms with Crippen molar-refractivity contribution in [1.29, 1.82) is 0 Å². The number of hydrogen-bond acceptors (Lipinski definition) is 3. The summed E-state index contributed by atoms with van der Waals surface area (Å²) in [6.45, 7) is 1.27. The average molecular weight is 334 g/mol. The van der Waals surface area contributed by atoms with Gasteiger partial charge in [-0.25, -0.2) is 8.78 Å². The molecule has 1 aliphatic rings.